The third-order valence-electron chi connectivity index (χ3n) is 4.32. The molecule has 1 saturated heterocycles. The van der Waals surface area contributed by atoms with Crippen LogP contribution in [0.2, 0.25) is 0 Å². The van der Waals surface area contributed by atoms with Crippen molar-refractivity contribution in [1.29, 1.82) is 0 Å². The molecule has 27 heavy (non-hydrogen) atoms. The quantitative estimate of drug-likeness (QED) is 0.637. The van der Waals surface area contributed by atoms with E-state index < -0.39 is 6.36 Å². The summed E-state index contributed by atoms with van der Waals surface area (Å²) >= 11 is 0. The van der Waals surface area contributed by atoms with Crippen molar-refractivity contribution in [2.75, 3.05) is 19.8 Å². The Hall–Kier alpha value is -2.74. The van der Waals surface area contributed by atoms with Crippen LogP contribution in [0.3, 0.4) is 0 Å². The third kappa shape index (κ3) is 3.85. The molecule has 1 aromatic heterocycles. The lowest BCUT2D eigenvalue weighted by Crippen LogP contribution is -2.44. The van der Waals surface area contributed by atoms with Gasteiger partial charge in [-0.15, -0.1) is 13.2 Å². The number of ether oxygens (including phenoxy) is 3. The van der Waals surface area contributed by atoms with E-state index in [-0.39, 0.29) is 11.2 Å². The number of alkyl halides is 3. The normalized spacial score (nSPS) is 16.1. The predicted octanol–water partition coefficient (Wildman–Crippen LogP) is 4.81. The first-order valence-corrected chi connectivity index (χ1v) is 8.28. The van der Waals surface area contributed by atoms with E-state index in [2.05, 4.69) is 16.8 Å². The van der Waals surface area contributed by atoms with Crippen molar-refractivity contribution in [3.05, 3.63) is 42.5 Å². The molecule has 0 aliphatic carbocycles. The fourth-order valence-corrected chi connectivity index (χ4v) is 2.83. The van der Waals surface area contributed by atoms with E-state index >= 15 is 0 Å². The summed E-state index contributed by atoms with van der Waals surface area (Å²) < 4.78 is 57.0. The highest BCUT2D eigenvalue weighted by molar-refractivity contribution is 5.87. The maximum absolute atomic E-state index is 12.3. The lowest BCUT2D eigenvalue weighted by molar-refractivity contribution is -0.274. The van der Waals surface area contributed by atoms with E-state index in [9.17, 15) is 13.2 Å². The van der Waals surface area contributed by atoms with Gasteiger partial charge in [-0.25, -0.2) is 0 Å². The van der Waals surface area contributed by atoms with Crippen molar-refractivity contribution in [1.82, 2.24) is 5.16 Å². The summed E-state index contributed by atoms with van der Waals surface area (Å²) in [6.07, 6.45) is -4.71. The van der Waals surface area contributed by atoms with Gasteiger partial charge in [0.2, 0.25) is 0 Å². The minimum absolute atomic E-state index is 0.0306. The van der Waals surface area contributed by atoms with E-state index in [1.165, 1.54) is 12.1 Å². The molecule has 5 nitrogen and oxygen atoms in total. The summed E-state index contributed by atoms with van der Waals surface area (Å²) in [5.74, 6) is 0.120. The van der Waals surface area contributed by atoms with Crippen molar-refractivity contribution in [2.24, 2.45) is 5.41 Å². The lowest BCUT2D eigenvalue weighted by Gasteiger charge is -2.37. The monoisotopic (exact) mass is 379 g/mol. The first kappa shape index (κ1) is 17.7. The van der Waals surface area contributed by atoms with Crippen molar-refractivity contribution in [3.8, 4) is 22.8 Å². The van der Waals surface area contributed by atoms with Crippen LogP contribution in [0.1, 0.15) is 6.92 Å². The fourth-order valence-electron chi connectivity index (χ4n) is 2.83. The van der Waals surface area contributed by atoms with Gasteiger partial charge in [0.25, 0.3) is 5.88 Å². The van der Waals surface area contributed by atoms with Gasteiger partial charge in [0, 0.05) is 5.41 Å². The van der Waals surface area contributed by atoms with Crippen LogP contribution in [0.5, 0.6) is 11.6 Å². The summed E-state index contributed by atoms with van der Waals surface area (Å²) in [6.45, 7) is 3.80. The Morgan fingerprint density at radius 2 is 1.78 bits per heavy atom. The maximum atomic E-state index is 12.3. The van der Waals surface area contributed by atoms with Crippen molar-refractivity contribution >= 4 is 11.0 Å². The lowest BCUT2D eigenvalue weighted by atomic mass is 9.90. The molecule has 0 bridgehead atoms. The van der Waals surface area contributed by atoms with E-state index in [0.29, 0.717) is 36.7 Å². The van der Waals surface area contributed by atoms with Crippen molar-refractivity contribution in [3.63, 3.8) is 0 Å². The molecule has 3 aromatic rings. The highest BCUT2D eigenvalue weighted by Gasteiger charge is 2.35. The highest BCUT2D eigenvalue weighted by atomic mass is 19.4. The molecule has 142 valence electrons. The molecule has 0 amide bonds. The van der Waals surface area contributed by atoms with E-state index in [1.807, 2.05) is 6.07 Å². The average Bonchev–Trinajstić information content (AvgIpc) is 3.00. The second-order valence-corrected chi connectivity index (χ2v) is 6.86. The van der Waals surface area contributed by atoms with Gasteiger partial charge in [0.05, 0.1) is 25.2 Å². The topological polar surface area (TPSA) is 53.7 Å². The molecule has 0 saturated carbocycles. The highest BCUT2D eigenvalue weighted by Crippen LogP contribution is 2.33. The number of hydrogen-bond donors (Lipinski definition) is 0. The third-order valence-corrected chi connectivity index (χ3v) is 4.32. The fraction of sp³-hybridized carbons (Fsp3) is 0.316. The van der Waals surface area contributed by atoms with E-state index in [0.717, 1.165) is 11.1 Å². The molecule has 2 aromatic carbocycles. The summed E-state index contributed by atoms with van der Waals surface area (Å²) in [5.41, 5.74) is 2.07. The standard InChI is InChI=1S/C19H16F3NO4/c1-18(9-24-10-18)11-25-17-15-8-13(4-7-16(15)27-23-17)12-2-5-14(6-3-12)26-19(20,21)22/h2-8H,9-11H2,1H3. The van der Waals surface area contributed by atoms with Gasteiger partial charge in [-0.3, -0.25) is 0 Å². The number of aromatic nitrogens is 1. The average molecular weight is 379 g/mol. The molecular weight excluding hydrogens is 363 g/mol. The van der Waals surface area contributed by atoms with E-state index in [1.54, 1.807) is 24.3 Å². The number of hydrogen-bond acceptors (Lipinski definition) is 5. The van der Waals surface area contributed by atoms with Crippen LogP contribution in [-0.4, -0.2) is 31.3 Å². The number of nitrogens with zero attached hydrogens (tertiary/aromatic N) is 1. The van der Waals surface area contributed by atoms with Crippen LogP contribution >= 0.6 is 0 Å². The Balaban J connectivity index is 1.56. The summed E-state index contributed by atoms with van der Waals surface area (Å²) in [7, 11) is 0. The molecule has 0 N–H and O–H groups in total. The maximum Gasteiger partial charge on any atom is 0.573 e. The van der Waals surface area contributed by atoms with Crippen LogP contribution in [0.15, 0.2) is 47.0 Å². The predicted molar refractivity (Wildman–Crippen MR) is 90.5 cm³/mol. The number of halogens is 3. The zero-order valence-corrected chi connectivity index (χ0v) is 14.4. The first-order valence-electron chi connectivity index (χ1n) is 8.28. The summed E-state index contributed by atoms with van der Waals surface area (Å²) in [4.78, 5) is 0. The molecule has 1 aliphatic heterocycles. The van der Waals surface area contributed by atoms with Gasteiger partial charge in [-0.2, -0.15) is 0 Å². The minimum Gasteiger partial charge on any atom is -0.474 e. The van der Waals surface area contributed by atoms with Gasteiger partial charge < -0.3 is 18.7 Å². The Labute approximate surface area is 152 Å². The first-order chi connectivity index (χ1) is 12.8. The molecular formula is C19H16F3NO4. The SMILES string of the molecule is CC1(COc2noc3ccc(-c4ccc(OC(F)(F)F)cc4)cc23)COC1. The van der Waals surface area contributed by atoms with Crippen LogP contribution in [-0.2, 0) is 4.74 Å². The zero-order valence-electron chi connectivity index (χ0n) is 14.4. The number of benzene rings is 2. The molecule has 0 unspecified atom stereocenters. The Morgan fingerprint density at radius 3 is 2.41 bits per heavy atom. The second-order valence-electron chi connectivity index (χ2n) is 6.86. The summed E-state index contributed by atoms with van der Waals surface area (Å²) in [6, 6.07) is 11.0. The molecule has 0 atom stereocenters. The van der Waals surface area contributed by atoms with Crippen LogP contribution in [0.25, 0.3) is 22.1 Å². The van der Waals surface area contributed by atoms with Crippen LogP contribution in [0, 0.1) is 5.41 Å². The Morgan fingerprint density at radius 1 is 1.07 bits per heavy atom. The van der Waals surface area contributed by atoms with Crippen LogP contribution < -0.4 is 9.47 Å². The Kier molecular flexibility index (Phi) is 4.22. The molecule has 1 aliphatic rings. The molecule has 0 spiro atoms. The molecule has 2 heterocycles. The number of rotatable bonds is 5. The van der Waals surface area contributed by atoms with E-state index in [4.69, 9.17) is 14.0 Å². The van der Waals surface area contributed by atoms with Gasteiger partial charge in [-0.05, 0) is 40.5 Å². The Bertz CT molecular complexity index is 946. The van der Waals surface area contributed by atoms with Gasteiger partial charge >= 0.3 is 6.36 Å². The second kappa shape index (κ2) is 6.45. The van der Waals surface area contributed by atoms with Gasteiger partial charge in [0.1, 0.15) is 5.75 Å². The number of fused-ring (bicyclic) bond motifs is 1. The smallest absolute Gasteiger partial charge is 0.474 e. The summed E-state index contributed by atoms with van der Waals surface area (Å²) in [5, 5.41) is 4.66. The molecule has 8 heteroatoms. The van der Waals surface area contributed by atoms with Gasteiger partial charge in [-0.1, -0.05) is 25.1 Å². The zero-order chi connectivity index (χ0) is 19.1. The van der Waals surface area contributed by atoms with Crippen molar-refractivity contribution < 1.29 is 31.9 Å². The minimum atomic E-state index is -4.71. The van der Waals surface area contributed by atoms with Crippen molar-refractivity contribution in [2.45, 2.75) is 13.3 Å². The van der Waals surface area contributed by atoms with Gasteiger partial charge in [0.15, 0.2) is 5.58 Å². The molecule has 4 rings (SSSR count). The largest absolute Gasteiger partial charge is 0.573 e. The molecule has 1 fully saturated rings. The molecule has 0 radical (unpaired) electrons. The van der Waals surface area contributed by atoms with Crippen LogP contribution in [0.4, 0.5) is 13.2 Å².